The van der Waals surface area contributed by atoms with Crippen LogP contribution in [0.2, 0.25) is 5.02 Å². The first-order valence-corrected chi connectivity index (χ1v) is 10.4. The number of nitrogens with zero attached hydrogens (tertiary/aromatic N) is 2. The van der Waals surface area contributed by atoms with Crippen molar-refractivity contribution in [2.24, 2.45) is 0 Å². The maximum Gasteiger partial charge on any atom is 0.295 e. The molecule has 1 saturated heterocycles. The predicted octanol–water partition coefficient (Wildman–Crippen LogP) is 3.93. The van der Waals surface area contributed by atoms with Crippen LogP contribution < -0.4 is 4.74 Å². The highest BCUT2D eigenvalue weighted by Crippen LogP contribution is 2.43. The Morgan fingerprint density at radius 3 is 2.55 bits per heavy atom. The van der Waals surface area contributed by atoms with Crippen molar-refractivity contribution in [1.29, 1.82) is 0 Å². The van der Waals surface area contributed by atoms with Gasteiger partial charge in [-0.25, -0.2) is 0 Å². The van der Waals surface area contributed by atoms with Crippen LogP contribution in [0.3, 0.4) is 0 Å². The first-order valence-electron chi connectivity index (χ1n) is 9.99. The molecule has 1 amide bonds. The second kappa shape index (κ2) is 9.16. The SMILES string of the molecule is COc1c(Cl)cc(C)cc1/C(O)=C1\C(=O)C(=O)N(CCCN(C)C)C1c1ccc(C)o1. The number of halogens is 1. The molecule has 0 bridgehead atoms. The highest BCUT2D eigenvalue weighted by molar-refractivity contribution is 6.46. The van der Waals surface area contributed by atoms with Gasteiger partial charge in [-0.2, -0.15) is 0 Å². The van der Waals surface area contributed by atoms with E-state index in [0.29, 0.717) is 29.5 Å². The van der Waals surface area contributed by atoms with E-state index in [1.165, 1.54) is 12.0 Å². The van der Waals surface area contributed by atoms with E-state index in [2.05, 4.69) is 0 Å². The van der Waals surface area contributed by atoms with Crippen molar-refractivity contribution in [1.82, 2.24) is 9.80 Å². The fourth-order valence-electron chi connectivity index (χ4n) is 3.82. The number of ether oxygens (including phenoxy) is 1. The first kappa shape index (κ1) is 22.9. The lowest BCUT2D eigenvalue weighted by molar-refractivity contribution is -0.140. The number of carbonyl (C=O) groups excluding carboxylic acids is 2. The van der Waals surface area contributed by atoms with Crippen molar-refractivity contribution in [3.63, 3.8) is 0 Å². The average Bonchev–Trinajstić information content (AvgIpc) is 3.23. The standard InChI is InChI=1S/C23H27ClN2O5/c1-13-11-15(22(30-5)16(24)12-13)20(27)18-19(17-8-7-14(2)31-17)26(23(29)21(18)28)10-6-9-25(3)4/h7-8,11-12,19,27H,6,9-10H2,1-5H3/b20-18+. The predicted molar refractivity (Wildman–Crippen MR) is 118 cm³/mol. The number of aliphatic hydroxyl groups is 1. The van der Waals surface area contributed by atoms with Gasteiger partial charge in [0.25, 0.3) is 11.7 Å². The maximum absolute atomic E-state index is 13.1. The normalized spacial score (nSPS) is 18.3. The van der Waals surface area contributed by atoms with Gasteiger partial charge in [0.05, 0.1) is 23.3 Å². The summed E-state index contributed by atoms with van der Waals surface area (Å²) in [5.41, 5.74) is 0.995. The van der Waals surface area contributed by atoms with Crippen molar-refractivity contribution < 1.29 is 23.8 Å². The molecule has 0 aliphatic carbocycles. The molecule has 2 aromatic rings. The summed E-state index contributed by atoms with van der Waals surface area (Å²) in [6.45, 7) is 4.68. The molecule has 1 fully saturated rings. The Kier molecular flexibility index (Phi) is 6.77. The molecule has 0 spiro atoms. The number of methoxy groups -OCH3 is 1. The molecule has 1 aliphatic heterocycles. The number of carbonyl (C=O) groups is 2. The molecular weight excluding hydrogens is 420 g/mol. The second-order valence-corrected chi connectivity index (χ2v) is 8.33. The van der Waals surface area contributed by atoms with Crippen molar-refractivity contribution >= 4 is 29.1 Å². The Morgan fingerprint density at radius 2 is 1.97 bits per heavy atom. The molecule has 1 aliphatic rings. The Balaban J connectivity index is 2.17. The van der Waals surface area contributed by atoms with Gasteiger partial charge in [-0.05, 0) is 70.7 Å². The van der Waals surface area contributed by atoms with Gasteiger partial charge < -0.3 is 24.1 Å². The summed E-state index contributed by atoms with van der Waals surface area (Å²) in [5, 5.41) is 11.5. The highest BCUT2D eigenvalue weighted by atomic mass is 35.5. The van der Waals surface area contributed by atoms with Crippen molar-refractivity contribution in [3.05, 3.63) is 57.5 Å². The zero-order chi connectivity index (χ0) is 22.9. The van der Waals surface area contributed by atoms with Crippen LogP contribution >= 0.6 is 11.6 Å². The van der Waals surface area contributed by atoms with Gasteiger partial charge in [0.1, 0.15) is 29.1 Å². The maximum atomic E-state index is 13.1. The summed E-state index contributed by atoms with van der Waals surface area (Å²) in [6, 6.07) is 6.02. The zero-order valence-electron chi connectivity index (χ0n) is 18.4. The lowest BCUT2D eigenvalue weighted by Crippen LogP contribution is -2.32. The van der Waals surface area contributed by atoms with E-state index in [-0.39, 0.29) is 22.6 Å². The topological polar surface area (TPSA) is 83.2 Å². The number of Topliss-reactive ketones (excluding diaryl/α,β-unsaturated/α-hetero) is 1. The van der Waals surface area contributed by atoms with E-state index in [0.717, 1.165) is 12.1 Å². The van der Waals surface area contributed by atoms with E-state index in [1.54, 1.807) is 31.2 Å². The van der Waals surface area contributed by atoms with Gasteiger partial charge in [0.15, 0.2) is 0 Å². The molecule has 1 atom stereocenters. The van der Waals surface area contributed by atoms with E-state index >= 15 is 0 Å². The Bertz CT molecular complexity index is 1040. The summed E-state index contributed by atoms with van der Waals surface area (Å²) < 4.78 is 11.2. The number of benzene rings is 1. The van der Waals surface area contributed by atoms with Gasteiger partial charge in [0.2, 0.25) is 0 Å². The lowest BCUT2D eigenvalue weighted by Gasteiger charge is -2.24. The third-order valence-corrected chi connectivity index (χ3v) is 5.50. The monoisotopic (exact) mass is 446 g/mol. The Hall–Kier alpha value is -2.77. The van der Waals surface area contributed by atoms with Crippen LogP contribution in [0.1, 0.15) is 35.1 Å². The van der Waals surface area contributed by atoms with Crippen LogP contribution in [0.5, 0.6) is 5.75 Å². The fourth-order valence-corrected chi connectivity index (χ4v) is 4.17. The average molecular weight is 447 g/mol. The number of likely N-dealkylation sites (tertiary alicyclic amines) is 1. The largest absolute Gasteiger partial charge is 0.507 e. The summed E-state index contributed by atoms with van der Waals surface area (Å²) in [4.78, 5) is 29.4. The quantitative estimate of drug-likeness (QED) is 0.394. The van der Waals surface area contributed by atoms with Gasteiger partial charge in [-0.15, -0.1) is 0 Å². The molecule has 3 rings (SSSR count). The van der Waals surface area contributed by atoms with Crippen LogP contribution in [0.25, 0.3) is 5.76 Å². The van der Waals surface area contributed by atoms with Crippen LogP contribution in [0.15, 0.2) is 34.3 Å². The molecule has 2 heterocycles. The molecule has 0 saturated carbocycles. The summed E-state index contributed by atoms with van der Waals surface area (Å²) in [5.74, 6) is -0.475. The van der Waals surface area contributed by atoms with Crippen LogP contribution in [-0.2, 0) is 9.59 Å². The number of aryl methyl sites for hydroxylation is 2. The molecule has 1 unspecified atom stereocenters. The number of furan rings is 1. The van der Waals surface area contributed by atoms with E-state index in [9.17, 15) is 14.7 Å². The number of aliphatic hydroxyl groups excluding tert-OH is 1. The molecule has 166 valence electrons. The van der Waals surface area contributed by atoms with Crippen LogP contribution in [0, 0.1) is 13.8 Å². The van der Waals surface area contributed by atoms with Gasteiger partial charge in [-0.3, -0.25) is 9.59 Å². The highest BCUT2D eigenvalue weighted by Gasteiger charge is 2.47. The van der Waals surface area contributed by atoms with Gasteiger partial charge >= 0.3 is 0 Å². The molecule has 0 radical (unpaired) electrons. The van der Waals surface area contributed by atoms with Crippen LogP contribution in [0.4, 0.5) is 0 Å². The van der Waals surface area contributed by atoms with E-state index in [1.807, 2.05) is 25.9 Å². The molecule has 1 N–H and O–H groups in total. The Morgan fingerprint density at radius 1 is 1.26 bits per heavy atom. The molecule has 31 heavy (non-hydrogen) atoms. The van der Waals surface area contributed by atoms with Crippen LogP contribution in [-0.4, -0.2) is 60.9 Å². The first-order chi connectivity index (χ1) is 14.6. The number of hydrogen-bond donors (Lipinski definition) is 1. The molecule has 8 heteroatoms. The van der Waals surface area contributed by atoms with Gasteiger partial charge in [0, 0.05) is 6.54 Å². The summed E-state index contributed by atoms with van der Waals surface area (Å²) in [7, 11) is 5.31. The molecular formula is C23H27ClN2O5. The second-order valence-electron chi connectivity index (χ2n) is 7.93. The summed E-state index contributed by atoms with van der Waals surface area (Å²) in [6.07, 6.45) is 0.663. The van der Waals surface area contributed by atoms with E-state index < -0.39 is 17.7 Å². The number of rotatable bonds is 7. The minimum atomic E-state index is -0.833. The van der Waals surface area contributed by atoms with E-state index in [4.69, 9.17) is 20.8 Å². The number of hydrogen-bond acceptors (Lipinski definition) is 6. The molecule has 1 aromatic carbocycles. The van der Waals surface area contributed by atoms with Crippen molar-refractivity contribution in [2.75, 3.05) is 34.3 Å². The third-order valence-electron chi connectivity index (χ3n) is 5.22. The molecule has 7 nitrogen and oxygen atoms in total. The van der Waals surface area contributed by atoms with Crippen molar-refractivity contribution in [2.45, 2.75) is 26.3 Å². The smallest absolute Gasteiger partial charge is 0.295 e. The minimum Gasteiger partial charge on any atom is -0.507 e. The Labute approximate surface area is 186 Å². The molecule has 1 aromatic heterocycles. The number of amides is 1. The third kappa shape index (κ3) is 4.48. The van der Waals surface area contributed by atoms with Crippen molar-refractivity contribution in [3.8, 4) is 5.75 Å². The minimum absolute atomic E-state index is 0.0378. The zero-order valence-corrected chi connectivity index (χ0v) is 19.1. The fraction of sp³-hybridized carbons (Fsp3) is 0.391. The van der Waals surface area contributed by atoms with Gasteiger partial charge in [-0.1, -0.05) is 11.6 Å². The lowest BCUT2D eigenvalue weighted by atomic mass is 9.98. The number of ketones is 1. The summed E-state index contributed by atoms with van der Waals surface area (Å²) >= 11 is 6.29.